The minimum Gasteiger partial charge on any atom is -1.00 e. The van der Waals surface area contributed by atoms with Gasteiger partial charge in [0.05, 0.1) is 0 Å². The van der Waals surface area contributed by atoms with Crippen molar-refractivity contribution in [3.05, 3.63) is 0 Å². The summed E-state index contributed by atoms with van der Waals surface area (Å²) >= 11 is 0. The zero-order valence-electron chi connectivity index (χ0n) is 2.16. The maximum atomic E-state index is 0. The van der Waals surface area contributed by atoms with E-state index in [2.05, 4.69) is 0 Å². The summed E-state index contributed by atoms with van der Waals surface area (Å²) in [5, 5.41) is 0. The van der Waals surface area contributed by atoms with E-state index in [-0.39, 0.29) is 56.8 Å². The zero-order chi connectivity index (χ0) is 0. The van der Waals surface area contributed by atoms with Crippen LogP contribution in [0.5, 0.6) is 0 Å². The quantitative estimate of drug-likeness (QED) is 0.351. The van der Waals surface area contributed by atoms with Crippen LogP contribution >= 0.6 is 0 Å². The van der Waals surface area contributed by atoms with Crippen LogP contribution in [0.3, 0.4) is 0 Å². The van der Waals surface area contributed by atoms with Crippen molar-refractivity contribution in [3.8, 4) is 0 Å². The Kier molecular flexibility index (Phi) is 1520. The summed E-state index contributed by atoms with van der Waals surface area (Å²) in [4.78, 5) is 0. The maximum Gasteiger partial charge on any atom is 2.00 e. The van der Waals surface area contributed by atoms with E-state index in [9.17, 15) is 0 Å². The smallest absolute Gasteiger partial charge is 1.00 e. The fourth-order valence-corrected chi connectivity index (χ4v) is 0. The Hall–Kier alpha value is 1.19. The van der Waals surface area contributed by atoms with Gasteiger partial charge in [0.2, 0.25) is 0 Å². The average molecular weight is 203 g/mol. The fourth-order valence-electron chi connectivity index (χ4n) is 0. The van der Waals surface area contributed by atoms with Crippen LogP contribution in [0.2, 0.25) is 0 Å². The second-order valence-electron chi connectivity index (χ2n) is 0. The molecule has 4 N–H and O–H groups in total. The van der Waals surface area contributed by atoms with E-state index in [0.717, 1.165) is 0 Å². The van der Waals surface area contributed by atoms with Crippen LogP contribution in [-0.4, -0.2) is 11.0 Å². The van der Waals surface area contributed by atoms with Gasteiger partial charge >= 0.3 is 21.1 Å². The molecule has 0 spiro atoms. The zero-order valence-corrected chi connectivity index (χ0v) is 5.68. The van der Waals surface area contributed by atoms with E-state index >= 15 is 0 Å². The molecular weight excluding hydrogens is 199 g/mol. The molecule has 0 unspecified atom stereocenters. The molecular formula is H4Cl2MoO2. The van der Waals surface area contributed by atoms with Crippen molar-refractivity contribution in [2.45, 2.75) is 0 Å². The number of hydrogen-bond acceptors (Lipinski definition) is 0. The Morgan fingerprint density at radius 2 is 0.600 bits per heavy atom. The molecule has 0 rings (SSSR count). The van der Waals surface area contributed by atoms with Crippen LogP contribution < -0.4 is 24.8 Å². The predicted octanol–water partition coefficient (Wildman–Crippen LogP) is -7.64. The van der Waals surface area contributed by atoms with Crippen LogP contribution in [-0.2, 0) is 21.1 Å². The minimum atomic E-state index is 0. The first-order valence-electron chi connectivity index (χ1n) is 0. The van der Waals surface area contributed by atoms with Gasteiger partial charge in [-0.1, -0.05) is 0 Å². The van der Waals surface area contributed by atoms with Gasteiger partial charge in [0, 0.05) is 0 Å². The Labute approximate surface area is 57.0 Å². The first kappa shape index (κ1) is 118. The molecule has 0 aliphatic heterocycles. The molecule has 0 saturated heterocycles. The first-order valence-corrected chi connectivity index (χ1v) is 0. The molecule has 0 radical (unpaired) electrons. The Morgan fingerprint density at radius 3 is 0.600 bits per heavy atom. The Morgan fingerprint density at radius 1 is 0.600 bits per heavy atom. The summed E-state index contributed by atoms with van der Waals surface area (Å²) in [5.74, 6) is 0. The van der Waals surface area contributed by atoms with E-state index in [1.165, 1.54) is 0 Å². The molecule has 0 heterocycles. The van der Waals surface area contributed by atoms with Crippen molar-refractivity contribution in [2.75, 3.05) is 0 Å². The van der Waals surface area contributed by atoms with Crippen molar-refractivity contribution in [2.24, 2.45) is 0 Å². The molecule has 0 aliphatic carbocycles. The van der Waals surface area contributed by atoms with E-state index in [4.69, 9.17) is 0 Å². The van der Waals surface area contributed by atoms with E-state index in [1.54, 1.807) is 0 Å². The summed E-state index contributed by atoms with van der Waals surface area (Å²) in [6, 6.07) is 0. The van der Waals surface area contributed by atoms with Gasteiger partial charge in [0.25, 0.3) is 0 Å². The second-order valence-corrected chi connectivity index (χ2v) is 0. The molecule has 0 bridgehead atoms. The van der Waals surface area contributed by atoms with Crippen molar-refractivity contribution < 1.29 is 56.8 Å². The third-order valence-electron chi connectivity index (χ3n) is 0. The Bertz CT molecular complexity index is 7.61. The number of hydrogen-bond donors (Lipinski definition) is 0. The van der Waals surface area contributed by atoms with Crippen LogP contribution in [0.1, 0.15) is 0 Å². The number of halogens is 2. The number of rotatable bonds is 0. The summed E-state index contributed by atoms with van der Waals surface area (Å²) in [7, 11) is 0. The van der Waals surface area contributed by atoms with E-state index in [0.29, 0.717) is 0 Å². The van der Waals surface area contributed by atoms with Gasteiger partial charge in [-0.15, -0.1) is 0 Å². The second kappa shape index (κ2) is 64.5. The monoisotopic (exact) mass is 204 g/mol. The summed E-state index contributed by atoms with van der Waals surface area (Å²) < 4.78 is 0. The van der Waals surface area contributed by atoms with Crippen molar-refractivity contribution in [1.82, 2.24) is 0 Å². The molecule has 2 nitrogen and oxygen atoms in total. The van der Waals surface area contributed by atoms with Gasteiger partial charge < -0.3 is 35.8 Å². The summed E-state index contributed by atoms with van der Waals surface area (Å²) in [6.07, 6.45) is 0. The van der Waals surface area contributed by atoms with Gasteiger partial charge in [-0.3, -0.25) is 0 Å². The fraction of sp³-hybridized carbons (Fsp3) is 0. The Balaban J connectivity index is 0. The van der Waals surface area contributed by atoms with E-state index in [1.807, 2.05) is 0 Å². The molecule has 0 aromatic rings. The molecule has 0 fully saturated rings. The molecule has 0 saturated carbocycles. The van der Waals surface area contributed by atoms with Crippen LogP contribution in [0.4, 0.5) is 0 Å². The minimum absolute atomic E-state index is 0. The van der Waals surface area contributed by atoms with Crippen molar-refractivity contribution in [3.63, 3.8) is 0 Å². The van der Waals surface area contributed by atoms with Gasteiger partial charge in [-0.05, 0) is 0 Å². The van der Waals surface area contributed by atoms with Gasteiger partial charge in [-0.2, -0.15) is 0 Å². The molecule has 0 aliphatic rings. The maximum absolute atomic E-state index is 0. The summed E-state index contributed by atoms with van der Waals surface area (Å²) in [5.41, 5.74) is 0. The molecule has 5 heteroatoms. The largest absolute Gasteiger partial charge is 2.00 e. The van der Waals surface area contributed by atoms with Crippen LogP contribution in [0.15, 0.2) is 0 Å². The predicted molar refractivity (Wildman–Crippen MR) is 7.23 cm³/mol. The van der Waals surface area contributed by atoms with Gasteiger partial charge in [0.15, 0.2) is 0 Å². The average Bonchev–Trinajstić information content (AvgIpc) is 0. The summed E-state index contributed by atoms with van der Waals surface area (Å²) in [6.45, 7) is 0. The van der Waals surface area contributed by atoms with Crippen LogP contribution in [0, 0.1) is 0 Å². The third-order valence-corrected chi connectivity index (χ3v) is 0. The molecule has 0 aromatic carbocycles. The third kappa shape index (κ3) is 37.3. The van der Waals surface area contributed by atoms with Crippen molar-refractivity contribution in [1.29, 1.82) is 0 Å². The molecule has 36 valence electrons. The molecule has 0 atom stereocenters. The normalized spacial score (nSPS) is 0. The molecule has 5 heavy (non-hydrogen) atoms. The van der Waals surface area contributed by atoms with Gasteiger partial charge in [-0.25, -0.2) is 0 Å². The van der Waals surface area contributed by atoms with E-state index < -0.39 is 0 Å². The van der Waals surface area contributed by atoms with Crippen molar-refractivity contribution >= 4 is 0 Å². The molecule has 0 amide bonds. The SMILES string of the molecule is O.O.[Cl-].[Cl-].[Mo+2]. The topological polar surface area (TPSA) is 63.0 Å². The van der Waals surface area contributed by atoms with Gasteiger partial charge in [0.1, 0.15) is 0 Å². The van der Waals surface area contributed by atoms with Crippen LogP contribution in [0.25, 0.3) is 0 Å². The first-order chi connectivity index (χ1) is 0. The standard InChI is InChI=1S/2ClH.Mo.2H2O/h2*1H;;2*1H2/q;;+2;;/p-2. The molecule has 0 aromatic heterocycles.